The molecule has 1 N–H and O–H groups in total. The van der Waals surface area contributed by atoms with Gasteiger partial charge >= 0.3 is 5.97 Å². The minimum atomic E-state index is -0.726. The molecule has 0 fully saturated rings. The van der Waals surface area contributed by atoms with E-state index in [4.69, 9.17) is 5.11 Å². The van der Waals surface area contributed by atoms with Gasteiger partial charge in [0.15, 0.2) is 0 Å². The third-order valence-electron chi connectivity index (χ3n) is 2.54. The van der Waals surface area contributed by atoms with Crippen molar-refractivity contribution in [3.63, 3.8) is 0 Å². The van der Waals surface area contributed by atoms with Gasteiger partial charge in [-0.3, -0.25) is 4.79 Å². The first-order valence-corrected chi connectivity index (χ1v) is 6.68. The minimum Gasteiger partial charge on any atom is -0.481 e. The number of carboxylic acid groups (broad SMARTS) is 1. The highest BCUT2D eigenvalue weighted by atomic mass is 32.2. The van der Waals surface area contributed by atoms with E-state index in [1.165, 1.54) is 16.3 Å². The molecule has 0 saturated heterocycles. The molecule has 0 saturated carbocycles. The van der Waals surface area contributed by atoms with Crippen LogP contribution in [0.25, 0.3) is 10.8 Å². The van der Waals surface area contributed by atoms with Gasteiger partial charge in [-0.05, 0) is 16.3 Å². The second-order valence-electron chi connectivity index (χ2n) is 3.88. The van der Waals surface area contributed by atoms with E-state index < -0.39 is 5.97 Å². The lowest BCUT2D eigenvalue weighted by atomic mass is 10.1. The van der Waals surface area contributed by atoms with Crippen LogP contribution in [-0.4, -0.2) is 16.8 Å². The highest BCUT2D eigenvalue weighted by Crippen LogP contribution is 2.19. The van der Waals surface area contributed by atoms with E-state index in [0.717, 1.165) is 5.75 Å². The normalized spacial score (nSPS) is 10.6. The summed E-state index contributed by atoms with van der Waals surface area (Å²) in [6.07, 6.45) is 0.234. The van der Waals surface area contributed by atoms with Crippen LogP contribution in [0, 0.1) is 0 Å². The van der Waals surface area contributed by atoms with E-state index in [2.05, 4.69) is 30.3 Å². The van der Waals surface area contributed by atoms with Crippen LogP contribution in [0.1, 0.15) is 12.0 Å². The van der Waals surface area contributed by atoms with Gasteiger partial charge in [0.25, 0.3) is 0 Å². The lowest BCUT2D eigenvalue weighted by Crippen LogP contribution is -1.96. The summed E-state index contributed by atoms with van der Waals surface area (Å²) in [4.78, 5) is 10.4. The van der Waals surface area contributed by atoms with Crippen LogP contribution in [0.3, 0.4) is 0 Å². The number of rotatable bonds is 5. The molecule has 0 aromatic heterocycles. The maximum Gasteiger partial charge on any atom is 0.304 e. The Morgan fingerprint density at radius 2 is 1.88 bits per heavy atom. The van der Waals surface area contributed by atoms with E-state index in [-0.39, 0.29) is 6.42 Å². The zero-order valence-electron chi connectivity index (χ0n) is 9.43. The molecule has 88 valence electrons. The number of hydrogen-bond donors (Lipinski definition) is 1. The molecule has 0 aliphatic rings. The summed E-state index contributed by atoms with van der Waals surface area (Å²) < 4.78 is 0. The molecule has 0 unspecified atom stereocenters. The van der Waals surface area contributed by atoms with Gasteiger partial charge in [-0.15, -0.1) is 0 Å². The molecule has 2 aromatic rings. The van der Waals surface area contributed by atoms with Crippen molar-refractivity contribution in [2.24, 2.45) is 0 Å². The molecule has 0 heterocycles. The fraction of sp³-hybridized carbons (Fsp3) is 0.214. The lowest BCUT2D eigenvalue weighted by Gasteiger charge is -2.03. The Balaban J connectivity index is 1.97. The fourth-order valence-electron chi connectivity index (χ4n) is 1.68. The Hall–Kier alpha value is -1.48. The largest absolute Gasteiger partial charge is 0.481 e. The second-order valence-corrected chi connectivity index (χ2v) is 4.98. The van der Waals surface area contributed by atoms with Gasteiger partial charge in [0.1, 0.15) is 0 Å². The Labute approximate surface area is 105 Å². The monoisotopic (exact) mass is 246 g/mol. The molecular weight excluding hydrogens is 232 g/mol. The van der Waals surface area contributed by atoms with Crippen molar-refractivity contribution in [3.05, 3.63) is 48.0 Å². The summed E-state index contributed by atoms with van der Waals surface area (Å²) in [5, 5.41) is 11.0. The van der Waals surface area contributed by atoms with E-state index in [1.807, 2.05) is 12.1 Å². The van der Waals surface area contributed by atoms with Crippen LogP contribution >= 0.6 is 11.8 Å². The zero-order chi connectivity index (χ0) is 12.1. The maximum absolute atomic E-state index is 10.4. The van der Waals surface area contributed by atoms with Crippen molar-refractivity contribution in [1.29, 1.82) is 0 Å². The zero-order valence-corrected chi connectivity index (χ0v) is 10.2. The smallest absolute Gasteiger partial charge is 0.304 e. The first kappa shape index (κ1) is 12.0. The molecule has 0 spiro atoms. The summed E-state index contributed by atoms with van der Waals surface area (Å²) in [6, 6.07) is 14.6. The van der Waals surface area contributed by atoms with Crippen molar-refractivity contribution in [1.82, 2.24) is 0 Å². The first-order valence-electron chi connectivity index (χ1n) is 5.53. The molecule has 2 nitrogen and oxygen atoms in total. The molecule has 2 rings (SSSR count). The SMILES string of the molecule is O=C(O)CCSCc1ccc2ccccc2c1. The van der Waals surface area contributed by atoms with Crippen LogP contribution < -0.4 is 0 Å². The number of carboxylic acids is 1. The van der Waals surface area contributed by atoms with Crippen molar-refractivity contribution >= 4 is 28.5 Å². The Morgan fingerprint density at radius 3 is 2.65 bits per heavy atom. The average molecular weight is 246 g/mol. The van der Waals surface area contributed by atoms with Crippen LogP contribution in [0.4, 0.5) is 0 Å². The topological polar surface area (TPSA) is 37.3 Å². The van der Waals surface area contributed by atoms with Crippen molar-refractivity contribution in [3.8, 4) is 0 Å². The van der Waals surface area contributed by atoms with Crippen LogP contribution in [0.2, 0.25) is 0 Å². The van der Waals surface area contributed by atoms with E-state index >= 15 is 0 Å². The van der Waals surface area contributed by atoms with Gasteiger partial charge in [0.05, 0.1) is 6.42 Å². The maximum atomic E-state index is 10.4. The third-order valence-corrected chi connectivity index (χ3v) is 3.57. The summed E-state index contributed by atoms with van der Waals surface area (Å²) in [7, 11) is 0. The number of carbonyl (C=O) groups is 1. The predicted molar refractivity (Wildman–Crippen MR) is 72.4 cm³/mol. The van der Waals surface area contributed by atoms with Gasteiger partial charge in [-0.25, -0.2) is 0 Å². The molecule has 0 amide bonds. The minimum absolute atomic E-state index is 0.234. The molecule has 0 bridgehead atoms. The van der Waals surface area contributed by atoms with E-state index in [1.54, 1.807) is 11.8 Å². The molecule has 17 heavy (non-hydrogen) atoms. The Bertz CT molecular complexity index is 522. The van der Waals surface area contributed by atoms with Gasteiger partial charge in [-0.2, -0.15) is 11.8 Å². The van der Waals surface area contributed by atoms with Crippen molar-refractivity contribution in [2.75, 3.05) is 5.75 Å². The van der Waals surface area contributed by atoms with Crippen molar-refractivity contribution < 1.29 is 9.90 Å². The van der Waals surface area contributed by atoms with Crippen molar-refractivity contribution in [2.45, 2.75) is 12.2 Å². The quantitative estimate of drug-likeness (QED) is 0.820. The number of thioether (sulfide) groups is 1. The average Bonchev–Trinajstić information content (AvgIpc) is 2.34. The molecule has 0 radical (unpaired) electrons. The van der Waals surface area contributed by atoms with Gasteiger partial charge < -0.3 is 5.11 Å². The Morgan fingerprint density at radius 1 is 1.12 bits per heavy atom. The predicted octanol–water partition coefficient (Wildman–Crippen LogP) is 3.55. The van der Waals surface area contributed by atoms with Crippen LogP contribution in [-0.2, 0) is 10.5 Å². The van der Waals surface area contributed by atoms with E-state index in [9.17, 15) is 4.79 Å². The fourth-order valence-corrected chi connectivity index (χ4v) is 2.56. The highest BCUT2D eigenvalue weighted by Gasteiger charge is 1.99. The lowest BCUT2D eigenvalue weighted by molar-refractivity contribution is -0.136. The molecular formula is C14H14O2S. The molecule has 3 heteroatoms. The van der Waals surface area contributed by atoms with Gasteiger partial charge in [-0.1, -0.05) is 42.5 Å². The second kappa shape index (κ2) is 5.73. The summed E-state index contributed by atoms with van der Waals surface area (Å²) in [5.74, 6) is 0.816. The standard InChI is InChI=1S/C14H14O2S/c15-14(16)7-8-17-10-11-5-6-12-3-1-2-4-13(12)9-11/h1-6,9H,7-8,10H2,(H,15,16). The number of benzene rings is 2. The van der Waals surface area contributed by atoms with Gasteiger partial charge in [0, 0.05) is 11.5 Å². The molecule has 0 aliphatic heterocycles. The van der Waals surface area contributed by atoms with Gasteiger partial charge in [0.2, 0.25) is 0 Å². The third kappa shape index (κ3) is 3.49. The number of aliphatic carboxylic acids is 1. The van der Waals surface area contributed by atoms with E-state index in [0.29, 0.717) is 5.75 Å². The summed E-state index contributed by atoms with van der Waals surface area (Å²) >= 11 is 1.66. The number of fused-ring (bicyclic) bond motifs is 1. The summed E-state index contributed by atoms with van der Waals surface area (Å²) in [6.45, 7) is 0. The Kier molecular flexibility index (Phi) is 4.04. The molecule has 0 atom stereocenters. The molecule has 0 aliphatic carbocycles. The molecule has 2 aromatic carbocycles. The highest BCUT2D eigenvalue weighted by molar-refractivity contribution is 7.98. The first-order chi connectivity index (χ1) is 8.25. The summed E-state index contributed by atoms with van der Waals surface area (Å²) in [5.41, 5.74) is 1.25. The number of hydrogen-bond acceptors (Lipinski definition) is 2. The van der Waals surface area contributed by atoms with Crippen LogP contribution in [0.5, 0.6) is 0 Å². The van der Waals surface area contributed by atoms with Crippen LogP contribution in [0.15, 0.2) is 42.5 Å².